The van der Waals surface area contributed by atoms with Gasteiger partial charge in [-0.3, -0.25) is 4.79 Å². The van der Waals surface area contributed by atoms with Gasteiger partial charge in [0.25, 0.3) is 5.91 Å². The maximum absolute atomic E-state index is 12.4. The highest BCUT2D eigenvalue weighted by Gasteiger charge is 2.15. The quantitative estimate of drug-likeness (QED) is 0.830. The van der Waals surface area contributed by atoms with Crippen LogP contribution in [0.5, 0.6) is 0 Å². The number of rotatable bonds is 5. The van der Waals surface area contributed by atoms with Gasteiger partial charge < -0.3 is 5.32 Å². The standard InChI is InChI=1S/C17H19NOS/c1-3-15(13-9-5-4-6-10-13)18-17(19)14-11-7-8-12-16(14)20-2/h4-12,15H,3H2,1-2H3,(H,18,19)/t15-/m1/s1. The first kappa shape index (κ1) is 14.7. The number of hydrogen-bond acceptors (Lipinski definition) is 2. The van der Waals surface area contributed by atoms with Crippen LogP contribution in [-0.4, -0.2) is 12.2 Å². The van der Waals surface area contributed by atoms with E-state index in [1.54, 1.807) is 11.8 Å². The van der Waals surface area contributed by atoms with Gasteiger partial charge in [-0.05, 0) is 30.4 Å². The normalized spacial score (nSPS) is 11.9. The van der Waals surface area contributed by atoms with Gasteiger partial charge in [-0.25, -0.2) is 0 Å². The van der Waals surface area contributed by atoms with Gasteiger partial charge in [0, 0.05) is 4.90 Å². The van der Waals surface area contributed by atoms with Gasteiger partial charge in [-0.1, -0.05) is 49.4 Å². The highest BCUT2D eigenvalue weighted by atomic mass is 32.2. The lowest BCUT2D eigenvalue weighted by Gasteiger charge is -2.18. The highest BCUT2D eigenvalue weighted by molar-refractivity contribution is 7.98. The van der Waals surface area contributed by atoms with Crippen molar-refractivity contribution in [3.8, 4) is 0 Å². The zero-order chi connectivity index (χ0) is 14.4. The summed E-state index contributed by atoms with van der Waals surface area (Å²) in [6.07, 6.45) is 2.86. The lowest BCUT2D eigenvalue weighted by atomic mass is 10.0. The van der Waals surface area contributed by atoms with E-state index in [1.807, 2.05) is 48.7 Å². The van der Waals surface area contributed by atoms with Crippen molar-refractivity contribution in [1.29, 1.82) is 0 Å². The van der Waals surface area contributed by atoms with Crippen molar-refractivity contribution in [1.82, 2.24) is 5.32 Å². The number of hydrogen-bond donors (Lipinski definition) is 1. The van der Waals surface area contributed by atoms with Crippen LogP contribution in [0, 0.1) is 0 Å². The van der Waals surface area contributed by atoms with Crippen molar-refractivity contribution in [3.05, 3.63) is 65.7 Å². The fraction of sp³-hybridized carbons (Fsp3) is 0.235. The monoisotopic (exact) mass is 285 g/mol. The fourth-order valence-electron chi connectivity index (χ4n) is 2.17. The molecule has 0 aliphatic heterocycles. The van der Waals surface area contributed by atoms with Crippen LogP contribution in [-0.2, 0) is 0 Å². The third kappa shape index (κ3) is 3.42. The molecule has 2 aromatic rings. The minimum atomic E-state index is -0.00865. The molecule has 0 aliphatic carbocycles. The van der Waals surface area contributed by atoms with E-state index in [9.17, 15) is 4.79 Å². The SMILES string of the molecule is CC[C@@H](NC(=O)c1ccccc1SC)c1ccccc1. The van der Waals surface area contributed by atoms with Gasteiger partial charge in [-0.2, -0.15) is 0 Å². The molecule has 1 amide bonds. The Morgan fingerprint density at radius 1 is 1.10 bits per heavy atom. The molecule has 2 rings (SSSR count). The van der Waals surface area contributed by atoms with Crippen LogP contribution in [0.2, 0.25) is 0 Å². The molecule has 3 heteroatoms. The van der Waals surface area contributed by atoms with E-state index >= 15 is 0 Å². The van der Waals surface area contributed by atoms with Crippen molar-refractivity contribution in [2.75, 3.05) is 6.26 Å². The van der Waals surface area contributed by atoms with E-state index in [0.717, 1.165) is 22.4 Å². The molecule has 0 saturated heterocycles. The van der Waals surface area contributed by atoms with E-state index in [2.05, 4.69) is 24.4 Å². The largest absolute Gasteiger partial charge is 0.345 e. The first-order valence-corrected chi connectivity index (χ1v) is 7.97. The van der Waals surface area contributed by atoms with Crippen LogP contribution in [0.25, 0.3) is 0 Å². The van der Waals surface area contributed by atoms with E-state index in [1.165, 1.54) is 0 Å². The lowest BCUT2D eigenvalue weighted by Crippen LogP contribution is -2.28. The average Bonchev–Trinajstić information content (AvgIpc) is 2.53. The Bertz CT molecular complexity index is 568. The molecular formula is C17H19NOS. The third-order valence-electron chi connectivity index (χ3n) is 3.27. The molecule has 20 heavy (non-hydrogen) atoms. The first-order valence-electron chi connectivity index (χ1n) is 6.75. The molecular weight excluding hydrogens is 266 g/mol. The van der Waals surface area contributed by atoms with Crippen molar-refractivity contribution in [3.63, 3.8) is 0 Å². The summed E-state index contributed by atoms with van der Waals surface area (Å²) in [6.45, 7) is 2.08. The van der Waals surface area contributed by atoms with Crippen molar-refractivity contribution >= 4 is 17.7 Å². The zero-order valence-electron chi connectivity index (χ0n) is 11.8. The summed E-state index contributed by atoms with van der Waals surface area (Å²) in [5, 5.41) is 3.12. The Labute approximate surface area is 124 Å². The minimum absolute atomic E-state index is 0.00865. The number of benzene rings is 2. The molecule has 0 aromatic heterocycles. The van der Waals surface area contributed by atoms with E-state index in [4.69, 9.17) is 0 Å². The predicted molar refractivity (Wildman–Crippen MR) is 85.2 cm³/mol. The number of nitrogens with one attached hydrogen (secondary N) is 1. The van der Waals surface area contributed by atoms with Gasteiger partial charge in [0.05, 0.1) is 11.6 Å². The topological polar surface area (TPSA) is 29.1 Å². The molecule has 1 N–H and O–H groups in total. The molecule has 0 aliphatic rings. The highest BCUT2D eigenvalue weighted by Crippen LogP contribution is 2.22. The predicted octanol–water partition coefficient (Wildman–Crippen LogP) is 4.29. The average molecular weight is 285 g/mol. The molecule has 0 spiro atoms. The number of carbonyl (C=O) groups is 1. The van der Waals surface area contributed by atoms with Gasteiger partial charge in [0.2, 0.25) is 0 Å². The Kier molecular flexibility index (Phi) is 5.24. The van der Waals surface area contributed by atoms with Gasteiger partial charge in [0.1, 0.15) is 0 Å². The molecule has 0 radical (unpaired) electrons. The van der Waals surface area contributed by atoms with Gasteiger partial charge in [0.15, 0.2) is 0 Å². The first-order chi connectivity index (χ1) is 9.76. The van der Waals surface area contributed by atoms with Crippen molar-refractivity contribution in [2.24, 2.45) is 0 Å². The molecule has 1 atom stereocenters. The number of amides is 1. The Hall–Kier alpha value is -1.74. The molecule has 0 fully saturated rings. The van der Waals surface area contributed by atoms with Gasteiger partial charge in [-0.15, -0.1) is 11.8 Å². The molecule has 0 heterocycles. The molecule has 2 nitrogen and oxygen atoms in total. The van der Waals surface area contributed by atoms with Crippen LogP contribution in [0.3, 0.4) is 0 Å². The van der Waals surface area contributed by atoms with Crippen LogP contribution in [0.1, 0.15) is 35.3 Å². The third-order valence-corrected chi connectivity index (χ3v) is 4.06. The smallest absolute Gasteiger partial charge is 0.252 e. The molecule has 0 unspecified atom stereocenters. The molecule has 104 valence electrons. The molecule has 2 aromatic carbocycles. The van der Waals surface area contributed by atoms with Crippen molar-refractivity contribution < 1.29 is 4.79 Å². The van der Waals surface area contributed by atoms with E-state index in [0.29, 0.717) is 0 Å². The molecule has 0 saturated carbocycles. The van der Waals surface area contributed by atoms with Crippen molar-refractivity contribution in [2.45, 2.75) is 24.3 Å². The lowest BCUT2D eigenvalue weighted by molar-refractivity contribution is 0.0932. The van der Waals surface area contributed by atoms with E-state index in [-0.39, 0.29) is 11.9 Å². The summed E-state index contributed by atoms with van der Waals surface area (Å²) < 4.78 is 0. The van der Waals surface area contributed by atoms with Crippen LogP contribution >= 0.6 is 11.8 Å². The Balaban J connectivity index is 2.18. The Morgan fingerprint density at radius 2 is 1.75 bits per heavy atom. The van der Waals surface area contributed by atoms with Crippen LogP contribution in [0.15, 0.2) is 59.5 Å². The van der Waals surface area contributed by atoms with Crippen LogP contribution in [0.4, 0.5) is 0 Å². The summed E-state index contributed by atoms with van der Waals surface area (Å²) in [7, 11) is 0. The fourth-order valence-corrected chi connectivity index (χ4v) is 2.77. The zero-order valence-corrected chi connectivity index (χ0v) is 12.6. The summed E-state index contributed by atoms with van der Waals surface area (Å²) in [5.74, 6) is -0.00865. The summed E-state index contributed by atoms with van der Waals surface area (Å²) in [6, 6.07) is 17.8. The summed E-state index contributed by atoms with van der Waals surface area (Å²) in [4.78, 5) is 13.4. The minimum Gasteiger partial charge on any atom is -0.345 e. The maximum Gasteiger partial charge on any atom is 0.252 e. The molecule has 0 bridgehead atoms. The maximum atomic E-state index is 12.4. The number of carbonyl (C=O) groups excluding carboxylic acids is 1. The summed E-state index contributed by atoms with van der Waals surface area (Å²) >= 11 is 1.59. The summed E-state index contributed by atoms with van der Waals surface area (Å²) in [5.41, 5.74) is 1.89. The Morgan fingerprint density at radius 3 is 2.40 bits per heavy atom. The second-order valence-corrected chi connectivity index (χ2v) is 5.39. The second kappa shape index (κ2) is 7.15. The van der Waals surface area contributed by atoms with Crippen LogP contribution < -0.4 is 5.32 Å². The number of thioether (sulfide) groups is 1. The van der Waals surface area contributed by atoms with Gasteiger partial charge >= 0.3 is 0 Å². The second-order valence-electron chi connectivity index (χ2n) is 4.55. The van der Waals surface area contributed by atoms with E-state index < -0.39 is 0 Å².